The first kappa shape index (κ1) is 22.9. The van der Waals surface area contributed by atoms with Crippen molar-refractivity contribution >= 4 is 17.8 Å². The largest absolute Gasteiger partial charge is 0.493 e. The zero-order valence-corrected chi connectivity index (χ0v) is 18.9. The smallest absolute Gasteiger partial charge is 0.325 e. The van der Waals surface area contributed by atoms with E-state index >= 15 is 0 Å². The van der Waals surface area contributed by atoms with Gasteiger partial charge in [0, 0.05) is 13.1 Å². The van der Waals surface area contributed by atoms with Gasteiger partial charge in [0.1, 0.15) is 12.1 Å². The topological polar surface area (TPSA) is 88.2 Å². The summed E-state index contributed by atoms with van der Waals surface area (Å²) in [7, 11) is 1.57. The average molecular weight is 432 g/mol. The van der Waals surface area contributed by atoms with Crippen molar-refractivity contribution in [2.24, 2.45) is 5.92 Å². The van der Waals surface area contributed by atoms with Crippen molar-refractivity contribution in [3.05, 3.63) is 23.8 Å². The first-order valence-corrected chi connectivity index (χ1v) is 11.1. The van der Waals surface area contributed by atoms with Crippen molar-refractivity contribution < 1.29 is 23.9 Å². The highest BCUT2D eigenvalue weighted by atomic mass is 16.5. The van der Waals surface area contributed by atoms with Crippen LogP contribution in [0.5, 0.6) is 11.5 Å². The number of carbonyl (C=O) groups excluding carboxylic acids is 3. The molecule has 1 saturated heterocycles. The molecule has 1 spiro atoms. The Morgan fingerprint density at radius 1 is 1.26 bits per heavy atom. The number of nitrogens with one attached hydrogen (secondary N) is 1. The van der Waals surface area contributed by atoms with Gasteiger partial charge < -0.3 is 19.7 Å². The minimum absolute atomic E-state index is 0.0661. The zero-order valence-electron chi connectivity index (χ0n) is 18.9. The second-order valence-corrected chi connectivity index (χ2v) is 8.27. The Hall–Kier alpha value is -2.77. The monoisotopic (exact) mass is 431 g/mol. The highest BCUT2D eigenvalue weighted by Gasteiger charge is 2.55. The molecule has 1 saturated carbocycles. The molecule has 1 aliphatic carbocycles. The third-order valence-corrected chi connectivity index (χ3v) is 6.43. The molecule has 1 aromatic rings. The summed E-state index contributed by atoms with van der Waals surface area (Å²) >= 11 is 0. The molecule has 1 heterocycles. The lowest BCUT2D eigenvalue weighted by Crippen LogP contribution is -2.54. The normalized spacial score (nSPS) is 23.1. The van der Waals surface area contributed by atoms with Crippen LogP contribution in [0.25, 0.3) is 0 Å². The number of hydrogen-bond acceptors (Lipinski definition) is 5. The number of methoxy groups -OCH3 is 1. The highest BCUT2D eigenvalue weighted by molar-refractivity contribution is 6.09. The van der Waals surface area contributed by atoms with Crippen LogP contribution in [0.4, 0.5) is 4.79 Å². The summed E-state index contributed by atoms with van der Waals surface area (Å²) in [6.45, 7) is 6.87. The first-order valence-electron chi connectivity index (χ1n) is 11.1. The Labute approximate surface area is 183 Å². The highest BCUT2D eigenvalue weighted by Crippen LogP contribution is 2.38. The number of rotatable bonds is 8. The molecule has 0 bridgehead atoms. The summed E-state index contributed by atoms with van der Waals surface area (Å²) in [4.78, 5) is 41.4. The fourth-order valence-corrected chi connectivity index (χ4v) is 4.56. The second kappa shape index (κ2) is 9.58. The van der Waals surface area contributed by atoms with Gasteiger partial charge in [0.2, 0.25) is 5.91 Å². The lowest BCUT2D eigenvalue weighted by atomic mass is 9.73. The first-order chi connectivity index (χ1) is 14.9. The SMILES string of the molecule is CCOc1ccc(CN(CC)C(=O)CN2C(=O)N[C@]3(CCCC[C@H]3C)C2=O)cc1OC. The number of amides is 4. The van der Waals surface area contributed by atoms with E-state index in [1.807, 2.05) is 39.0 Å². The molecule has 0 aromatic heterocycles. The van der Waals surface area contributed by atoms with E-state index in [2.05, 4.69) is 5.32 Å². The Morgan fingerprint density at radius 3 is 2.68 bits per heavy atom. The summed E-state index contributed by atoms with van der Waals surface area (Å²) in [6.07, 6.45) is 3.49. The predicted octanol–water partition coefficient (Wildman–Crippen LogP) is 2.94. The van der Waals surface area contributed by atoms with Crippen LogP contribution in [0, 0.1) is 5.92 Å². The second-order valence-electron chi connectivity index (χ2n) is 8.27. The number of carbonyl (C=O) groups is 3. The molecule has 8 heteroatoms. The molecule has 0 radical (unpaired) electrons. The number of hydrogen-bond donors (Lipinski definition) is 1. The number of urea groups is 1. The van der Waals surface area contributed by atoms with Gasteiger partial charge in [-0.15, -0.1) is 0 Å². The van der Waals surface area contributed by atoms with Gasteiger partial charge in [-0.25, -0.2) is 4.79 Å². The van der Waals surface area contributed by atoms with Gasteiger partial charge in [-0.1, -0.05) is 25.8 Å². The third kappa shape index (κ3) is 4.48. The van der Waals surface area contributed by atoms with Crippen LogP contribution < -0.4 is 14.8 Å². The van der Waals surface area contributed by atoms with Crippen LogP contribution in [0.15, 0.2) is 18.2 Å². The Balaban J connectivity index is 1.70. The number of likely N-dealkylation sites (N-methyl/N-ethyl adjacent to an activating group) is 1. The van der Waals surface area contributed by atoms with Gasteiger partial charge >= 0.3 is 6.03 Å². The van der Waals surface area contributed by atoms with Gasteiger partial charge in [0.25, 0.3) is 5.91 Å². The molecule has 4 amide bonds. The maximum absolute atomic E-state index is 13.1. The van der Waals surface area contributed by atoms with Gasteiger partial charge in [-0.2, -0.15) is 0 Å². The van der Waals surface area contributed by atoms with Gasteiger partial charge in [0.15, 0.2) is 11.5 Å². The maximum Gasteiger partial charge on any atom is 0.325 e. The van der Waals surface area contributed by atoms with Gasteiger partial charge in [0.05, 0.1) is 13.7 Å². The minimum atomic E-state index is -0.852. The van der Waals surface area contributed by atoms with Crippen LogP contribution in [0.1, 0.15) is 52.0 Å². The van der Waals surface area contributed by atoms with Crippen molar-refractivity contribution in [2.75, 3.05) is 26.8 Å². The molecule has 31 heavy (non-hydrogen) atoms. The van der Waals surface area contributed by atoms with Crippen molar-refractivity contribution in [1.82, 2.24) is 15.1 Å². The van der Waals surface area contributed by atoms with E-state index in [-0.39, 0.29) is 24.3 Å². The van der Waals surface area contributed by atoms with Gasteiger partial charge in [-0.3, -0.25) is 14.5 Å². The number of benzene rings is 1. The van der Waals surface area contributed by atoms with Crippen LogP contribution in [0.3, 0.4) is 0 Å². The summed E-state index contributed by atoms with van der Waals surface area (Å²) in [5.41, 5.74) is 0.0276. The molecule has 3 rings (SSSR count). The molecule has 2 atom stereocenters. The fourth-order valence-electron chi connectivity index (χ4n) is 4.56. The molecule has 2 fully saturated rings. The van der Waals surface area contributed by atoms with Crippen LogP contribution in [-0.4, -0.2) is 60.0 Å². The maximum atomic E-state index is 13.1. The Kier molecular flexibility index (Phi) is 7.08. The van der Waals surface area contributed by atoms with Crippen molar-refractivity contribution in [2.45, 2.75) is 58.5 Å². The molecule has 170 valence electrons. The van der Waals surface area contributed by atoms with E-state index in [9.17, 15) is 14.4 Å². The van der Waals surface area contributed by atoms with E-state index in [4.69, 9.17) is 9.47 Å². The van der Waals surface area contributed by atoms with E-state index in [1.165, 1.54) is 0 Å². The van der Waals surface area contributed by atoms with Crippen molar-refractivity contribution in [1.29, 1.82) is 0 Å². The quantitative estimate of drug-likeness (QED) is 0.640. The van der Waals surface area contributed by atoms with E-state index in [0.29, 0.717) is 37.6 Å². The molecule has 8 nitrogen and oxygen atoms in total. The zero-order chi connectivity index (χ0) is 22.6. The fraction of sp³-hybridized carbons (Fsp3) is 0.609. The standard InChI is InChI=1S/C23H33N3O5/c1-5-25(14-17-10-11-18(31-6-2)19(13-17)30-4)20(27)15-26-21(28)23(24-22(26)29)12-8-7-9-16(23)3/h10-11,13,16H,5-9,12,14-15H2,1-4H3,(H,24,29)/t16-,23+/m1/s1. The molecule has 1 N–H and O–H groups in total. The van der Waals surface area contributed by atoms with E-state index in [1.54, 1.807) is 12.0 Å². The van der Waals surface area contributed by atoms with Crippen molar-refractivity contribution in [3.8, 4) is 11.5 Å². The molecule has 1 aromatic carbocycles. The van der Waals surface area contributed by atoms with Crippen LogP contribution in [0.2, 0.25) is 0 Å². The van der Waals surface area contributed by atoms with Crippen LogP contribution in [-0.2, 0) is 16.1 Å². The average Bonchev–Trinajstić information content (AvgIpc) is 2.99. The number of imide groups is 1. The summed E-state index contributed by atoms with van der Waals surface area (Å²) in [5, 5.41) is 2.90. The molecular weight excluding hydrogens is 398 g/mol. The molecule has 2 aliphatic rings. The summed E-state index contributed by atoms with van der Waals surface area (Å²) in [6, 6.07) is 5.08. The van der Waals surface area contributed by atoms with Crippen LogP contribution >= 0.6 is 0 Å². The summed E-state index contributed by atoms with van der Waals surface area (Å²) < 4.78 is 10.9. The summed E-state index contributed by atoms with van der Waals surface area (Å²) in [5.74, 6) is 0.784. The van der Waals surface area contributed by atoms with Gasteiger partial charge in [-0.05, 0) is 50.3 Å². The predicted molar refractivity (Wildman–Crippen MR) is 116 cm³/mol. The number of nitrogens with zero attached hydrogens (tertiary/aromatic N) is 2. The molecular formula is C23H33N3O5. The Bertz CT molecular complexity index is 843. The third-order valence-electron chi connectivity index (χ3n) is 6.43. The lowest BCUT2D eigenvalue weighted by Gasteiger charge is -2.36. The lowest BCUT2D eigenvalue weighted by molar-refractivity contribution is -0.140. The number of ether oxygens (including phenoxy) is 2. The van der Waals surface area contributed by atoms with Crippen molar-refractivity contribution in [3.63, 3.8) is 0 Å². The van der Waals surface area contributed by atoms with E-state index < -0.39 is 11.6 Å². The Morgan fingerprint density at radius 2 is 2.03 bits per heavy atom. The molecule has 0 unspecified atom stereocenters. The minimum Gasteiger partial charge on any atom is -0.493 e. The molecule has 1 aliphatic heterocycles. The van der Waals surface area contributed by atoms with E-state index in [0.717, 1.165) is 29.7 Å².